The highest BCUT2D eigenvalue weighted by molar-refractivity contribution is 6.33. The van der Waals surface area contributed by atoms with Crippen LogP contribution in [0.3, 0.4) is 0 Å². The number of nitrogens with two attached hydrogens (primary N) is 1. The summed E-state index contributed by atoms with van der Waals surface area (Å²) in [6, 6.07) is 8.07. The average molecular weight is 236 g/mol. The van der Waals surface area contributed by atoms with Gasteiger partial charge in [0.2, 0.25) is 0 Å². The van der Waals surface area contributed by atoms with Crippen LogP contribution in [0.25, 0.3) is 0 Å². The molecule has 16 heavy (non-hydrogen) atoms. The maximum absolute atomic E-state index is 8.73. The first-order valence-electron chi connectivity index (χ1n) is 5.41. The molecule has 1 aromatic rings. The van der Waals surface area contributed by atoms with Crippen molar-refractivity contribution in [2.75, 3.05) is 5.32 Å². The first-order valence-corrected chi connectivity index (χ1v) is 5.78. The molecule has 0 bridgehead atoms. The molecule has 4 heteroatoms. The summed E-state index contributed by atoms with van der Waals surface area (Å²) in [6.45, 7) is 0. The molecule has 0 radical (unpaired) electrons. The number of halogens is 1. The lowest BCUT2D eigenvalue weighted by Gasteiger charge is -2.15. The lowest BCUT2D eigenvalue weighted by atomic mass is 10.2. The second kappa shape index (κ2) is 4.73. The van der Waals surface area contributed by atoms with Gasteiger partial charge in [-0.05, 0) is 37.5 Å². The van der Waals surface area contributed by atoms with Gasteiger partial charge in [0.05, 0.1) is 22.3 Å². The minimum Gasteiger partial charge on any atom is -0.381 e. The Balaban J connectivity index is 2.08. The van der Waals surface area contributed by atoms with Crippen molar-refractivity contribution >= 4 is 17.3 Å². The Morgan fingerprint density at radius 2 is 2.25 bits per heavy atom. The third-order valence-corrected chi connectivity index (χ3v) is 3.24. The number of nitrogens with one attached hydrogen (secondary N) is 1. The van der Waals surface area contributed by atoms with Crippen molar-refractivity contribution in [3.05, 3.63) is 28.8 Å². The van der Waals surface area contributed by atoms with Crippen molar-refractivity contribution in [1.29, 1.82) is 5.26 Å². The summed E-state index contributed by atoms with van der Waals surface area (Å²) in [6.07, 6.45) is 3.12. The van der Waals surface area contributed by atoms with Crippen molar-refractivity contribution in [2.24, 2.45) is 5.73 Å². The summed E-state index contributed by atoms with van der Waals surface area (Å²) in [5, 5.41) is 12.7. The number of hydrogen-bond donors (Lipinski definition) is 2. The molecule has 2 atom stereocenters. The number of benzene rings is 1. The molecule has 1 aliphatic carbocycles. The monoisotopic (exact) mass is 235 g/mol. The second-order valence-electron chi connectivity index (χ2n) is 4.22. The van der Waals surface area contributed by atoms with Crippen molar-refractivity contribution in [2.45, 2.75) is 31.3 Å². The van der Waals surface area contributed by atoms with Gasteiger partial charge < -0.3 is 11.1 Å². The quantitative estimate of drug-likeness (QED) is 0.828. The Morgan fingerprint density at radius 3 is 2.81 bits per heavy atom. The van der Waals surface area contributed by atoms with Crippen LogP contribution in [0.1, 0.15) is 24.8 Å². The van der Waals surface area contributed by atoms with Gasteiger partial charge >= 0.3 is 0 Å². The fraction of sp³-hybridized carbons (Fsp3) is 0.417. The van der Waals surface area contributed by atoms with Crippen LogP contribution in [0, 0.1) is 11.3 Å². The van der Waals surface area contributed by atoms with Crippen LogP contribution in [0.4, 0.5) is 5.69 Å². The van der Waals surface area contributed by atoms with E-state index in [1.165, 1.54) is 0 Å². The van der Waals surface area contributed by atoms with Gasteiger partial charge in [0.1, 0.15) is 0 Å². The lowest BCUT2D eigenvalue weighted by molar-refractivity contribution is 0.688. The van der Waals surface area contributed by atoms with E-state index < -0.39 is 0 Å². The van der Waals surface area contributed by atoms with Crippen LogP contribution < -0.4 is 11.1 Å². The van der Waals surface area contributed by atoms with Crippen LogP contribution in [-0.2, 0) is 0 Å². The lowest BCUT2D eigenvalue weighted by Crippen LogP contribution is -2.20. The Morgan fingerprint density at radius 1 is 1.44 bits per heavy atom. The van der Waals surface area contributed by atoms with Crippen molar-refractivity contribution in [3.8, 4) is 6.07 Å². The molecule has 0 aliphatic heterocycles. The van der Waals surface area contributed by atoms with E-state index >= 15 is 0 Å². The summed E-state index contributed by atoms with van der Waals surface area (Å²) in [7, 11) is 0. The fourth-order valence-electron chi connectivity index (χ4n) is 2.07. The minimum atomic E-state index is 0.301. The molecule has 0 aromatic heterocycles. The molecule has 3 nitrogen and oxygen atoms in total. The fourth-order valence-corrected chi connectivity index (χ4v) is 2.30. The Bertz CT molecular complexity index is 425. The molecule has 1 saturated carbocycles. The van der Waals surface area contributed by atoms with Gasteiger partial charge in [-0.2, -0.15) is 5.26 Å². The molecular formula is C12H14ClN3. The van der Waals surface area contributed by atoms with Gasteiger partial charge in [-0.25, -0.2) is 0 Å². The minimum absolute atomic E-state index is 0.301. The topological polar surface area (TPSA) is 61.8 Å². The molecular weight excluding hydrogens is 222 g/mol. The first kappa shape index (κ1) is 11.3. The molecule has 84 valence electrons. The molecule has 1 fully saturated rings. The van der Waals surface area contributed by atoms with Crippen LogP contribution in [0.2, 0.25) is 5.02 Å². The van der Waals surface area contributed by atoms with Gasteiger partial charge in [0, 0.05) is 12.1 Å². The third-order valence-electron chi connectivity index (χ3n) is 2.93. The average Bonchev–Trinajstić information content (AvgIpc) is 2.67. The molecule has 1 aromatic carbocycles. The molecule has 2 rings (SSSR count). The number of nitriles is 1. The van der Waals surface area contributed by atoms with Crippen molar-refractivity contribution in [3.63, 3.8) is 0 Å². The van der Waals surface area contributed by atoms with Crippen LogP contribution in [0.15, 0.2) is 18.2 Å². The van der Waals surface area contributed by atoms with Crippen LogP contribution in [0.5, 0.6) is 0 Å². The van der Waals surface area contributed by atoms with E-state index in [0.29, 0.717) is 22.7 Å². The smallest absolute Gasteiger partial charge is 0.0992 e. The number of nitrogens with zero attached hydrogens (tertiary/aromatic N) is 1. The van der Waals surface area contributed by atoms with E-state index in [4.69, 9.17) is 22.6 Å². The largest absolute Gasteiger partial charge is 0.381 e. The highest BCUT2D eigenvalue weighted by Crippen LogP contribution is 2.27. The number of rotatable bonds is 2. The van der Waals surface area contributed by atoms with E-state index in [2.05, 4.69) is 11.4 Å². The summed E-state index contributed by atoms with van der Waals surface area (Å²) in [5.41, 5.74) is 7.32. The standard InChI is InChI=1S/C12H14ClN3/c13-11-5-8(7-14)1-4-12(11)16-10-3-2-9(15)6-10/h1,4-5,9-10,16H,2-3,6,15H2. The summed E-state index contributed by atoms with van der Waals surface area (Å²) in [4.78, 5) is 0. The van der Waals surface area contributed by atoms with E-state index in [1.807, 2.05) is 6.07 Å². The van der Waals surface area contributed by atoms with Crippen molar-refractivity contribution < 1.29 is 0 Å². The van der Waals surface area contributed by atoms with Gasteiger partial charge in [-0.1, -0.05) is 11.6 Å². The number of hydrogen-bond acceptors (Lipinski definition) is 3. The zero-order valence-corrected chi connectivity index (χ0v) is 9.67. The zero-order valence-electron chi connectivity index (χ0n) is 8.91. The van der Waals surface area contributed by atoms with E-state index in [9.17, 15) is 0 Å². The molecule has 0 amide bonds. The maximum atomic E-state index is 8.73. The number of anilines is 1. The normalized spacial score (nSPS) is 24.1. The Kier molecular flexibility index (Phi) is 3.33. The third kappa shape index (κ3) is 2.46. The van der Waals surface area contributed by atoms with Gasteiger partial charge in [-0.15, -0.1) is 0 Å². The maximum Gasteiger partial charge on any atom is 0.0992 e. The molecule has 0 heterocycles. The van der Waals surface area contributed by atoms with E-state index in [1.54, 1.807) is 12.1 Å². The highest BCUT2D eigenvalue weighted by Gasteiger charge is 2.21. The first-order chi connectivity index (χ1) is 7.69. The van der Waals surface area contributed by atoms with Crippen LogP contribution >= 0.6 is 11.6 Å². The Hall–Kier alpha value is -1.24. The zero-order chi connectivity index (χ0) is 11.5. The predicted octanol–water partition coefficient (Wildman–Crippen LogP) is 2.50. The predicted molar refractivity (Wildman–Crippen MR) is 65.4 cm³/mol. The highest BCUT2D eigenvalue weighted by atomic mass is 35.5. The second-order valence-corrected chi connectivity index (χ2v) is 4.63. The summed E-state index contributed by atoms with van der Waals surface area (Å²) >= 11 is 6.08. The summed E-state index contributed by atoms with van der Waals surface area (Å²) in [5.74, 6) is 0. The van der Waals surface area contributed by atoms with E-state index in [0.717, 1.165) is 24.9 Å². The van der Waals surface area contributed by atoms with Gasteiger partial charge in [0.15, 0.2) is 0 Å². The van der Waals surface area contributed by atoms with Gasteiger partial charge in [-0.3, -0.25) is 0 Å². The molecule has 0 saturated heterocycles. The Labute approximate surface area is 100 Å². The SMILES string of the molecule is N#Cc1ccc(NC2CCC(N)C2)c(Cl)c1. The van der Waals surface area contributed by atoms with Crippen molar-refractivity contribution in [1.82, 2.24) is 0 Å². The molecule has 3 N–H and O–H groups in total. The molecule has 2 unspecified atom stereocenters. The van der Waals surface area contributed by atoms with Gasteiger partial charge in [0.25, 0.3) is 0 Å². The van der Waals surface area contributed by atoms with E-state index in [-0.39, 0.29) is 0 Å². The molecule has 0 spiro atoms. The van der Waals surface area contributed by atoms with Crippen LogP contribution in [-0.4, -0.2) is 12.1 Å². The molecule has 1 aliphatic rings. The summed E-state index contributed by atoms with van der Waals surface area (Å²) < 4.78 is 0.